The van der Waals surface area contributed by atoms with Gasteiger partial charge in [0.15, 0.2) is 0 Å². The van der Waals surface area contributed by atoms with Crippen LogP contribution in [0.4, 0.5) is 4.39 Å². The van der Waals surface area contributed by atoms with E-state index in [-0.39, 0.29) is 5.82 Å². The molecular formula is C12H15FN2O3. The predicted molar refractivity (Wildman–Crippen MR) is 63.3 cm³/mol. The van der Waals surface area contributed by atoms with E-state index in [1.165, 1.54) is 12.1 Å². The zero-order chi connectivity index (χ0) is 13.5. The summed E-state index contributed by atoms with van der Waals surface area (Å²) in [6.45, 7) is 0.331. The normalized spacial score (nSPS) is 11.9. The number of carbonyl (C=O) groups is 2. The van der Waals surface area contributed by atoms with Gasteiger partial charge in [0.2, 0.25) is 5.91 Å². The van der Waals surface area contributed by atoms with E-state index in [1.54, 1.807) is 12.1 Å². The van der Waals surface area contributed by atoms with E-state index in [9.17, 15) is 14.0 Å². The Kier molecular flexibility index (Phi) is 5.26. The highest BCUT2D eigenvalue weighted by atomic mass is 19.1. The second kappa shape index (κ2) is 6.70. The Labute approximate surface area is 104 Å². The predicted octanol–water partition coefficient (Wildman–Crippen LogP) is 0.286. The first-order valence-electron chi connectivity index (χ1n) is 5.48. The molecule has 1 amide bonds. The lowest BCUT2D eigenvalue weighted by atomic mass is 10.1. The van der Waals surface area contributed by atoms with Gasteiger partial charge in [0.1, 0.15) is 5.82 Å². The van der Waals surface area contributed by atoms with E-state index in [0.29, 0.717) is 13.0 Å². The number of rotatable bonds is 6. The van der Waals surface area contributed by atoms with Gasteiger partial charge in [-0.05, 0) is 24.1 Å². The Morgan fingerprint density at radius 3 is 2.50 bits per heavy atom. The van der Waals surface area contributed by atoms with Crippen LogP contribution in [0.5, 0.6) is 0 Å². The maximum absolute atomic E-state index is 12.6. The largest absolute Gasteiger partial charge is 0.481 e. The van der Waals surface area contributed by atoms with Crippen LogP contribution in [-0.4, -0.2) is 29.6 Å². The molecule has 0 radical (unpaired) electrons. The molecule has 4 N–H and O–H groups in total. The molecule has 5 nitrogen and oxygen atoms in total. The molecule has 0 saturated carbocycles. The minimum atomic E-state index is -1.11. The summed E-state index contributed by atoms with van der Waals surface area (Å²) >= 11 is 0. The van der Waals surface area contributed by atoms with E-state index in [2.05, 4.69) is 5.32 Å². The van der Waals surface area contributed by atoms with E-state index in [1.807, 2.05) is 0 Å². The lowest BCUT2D eigenvalue weighted by Crippen LogP contribution is -2.42. The molecule has 6 heteroatoms. The van der Waals surface area contributed by atoms with E-state index in [0.717, 1.165) is 5.56 Å². The van der Waals surface area contributed by atoms with Gasteiger partial charge < -0.3 is 16.2 Å². The number of nitrogens with one attached hydrogen (secondary N) is 1. The van der Waals surface area contributed by atoms with Crippen molar-refractivity contribution in [3.05, 3.63) is 35.6 Å². The lowest BCUT2D eigenvalue weighted by Gasteiger charge is -2.10. The highest BCUT2D eigenvalue weighted by molar-refractivity contribution is 5.85. The molecule has 0 saturated heterocycles. The van der Waals surface area contributed by atoms with Gasteiger partial charge in [0.25, 0.3) is 0 Å². The number of carboxylic acids is 1. The molecule has 1 rings (SSSR count). The molecule has 0 aliphatic rings. The summed E-state index contributed by atoms with van der Waals surface area (Å²) in [6, 6.07) is 4.88. The number of nitrogens with two attached hydrogens (primary N) is 1. The van der Waals surface area contributed by atoms with Crippen molar-refractivity contribution in [1.29, 1.82) is 0 Å². The fourth-order valence-electron chi connectivity index (χ4n) is 1.39. The van der Waals surface area contributed by atoms with Gasteiger partial charge in [-0.2, -0.15) is 0 Å². The molecule has 0 heterocycles. The summed E-state index contributed by atoms with van der Waals surface area (Å²) in [6.07, 6.45) is 0.133. The summed E-state index contributed by atoms with van der Waals surface area (Å²) in [5, 5.41) is 11.0. The number of amides is 1. The third-order valence-electron chi connectivity index (χ3n) is 2.36. The zero-order valence-corrected chi connectivity index (χ0v) is 9.73. The lowest BCUT2D eigenvalue weighted by molar-refractivity contribution is -0.139. The topological polar surface area (TPSA) is 92.4 Å². The third-order valence-corrected chi connectivity index (χ3v) is 2.36. The molecular weight excluding hydrogens is 239 g/mol. The summed E-state index contributed by atoms with van der Waals surface area (Å²) < 4.78 is 12.6. The van der Waals surface area contributed by atoms with Crippen molar-refractivity contribution >= 4 is 11.9 Å². The van der Waals surface area contributed by atoms with Crippen LogP contribution in [0.1, 0.15) is 12.0 Å². The molecule has 1 aromatic carbocycles. The molecule has 1 aromatic rings. The van der Waals surface area contributed by atoms with E-state index in [4.69, 9.17) is 10.8 Å². The Morgan fingerprint density at radius 2 is 1.94 bits per heavy atom. The Balaban J connectivity index is 2.31. The monoisotopic (exact) mass is 254 g/mol. The summed E-state index contributed by atoms with van der Waals surface area (Å²) in [7, 11) is 0. The fraction of sp³-hybridized carbons (Fsp3) is 0.333. The fourth-order valence-corrected chi connectivity index (χ4v) is 1.39. The minimum Gasteiger partial charge on any atom is -0.481 e. The summed E-state index contributed by atoms with van der Waals surface area (Å²) in [5.41, 5.74) is 6.25. The standard InChI is InChI=1S/C12H15FN2O3/c13-9-3-1-8(2-4-9)5-6-15-12(18)10(14)7-11(16)17/h1-4,10H,5-7,14H2,(H,15,18)(H,16,17)/t10-/m0/s1. The van der Waals surface area contributed by atoms with Crippen molar-refractivity contribution in [3.8, 4) is 0 Å². The van der Waals surface area contributed by atoms with Gasteiger partial charge >= 0.3 is 5.97 Å². The van der Waals surface area contributed by atoms with Crippen molar-refractivity contribution in [3.63, 3.8) is 0 Å². The maximum Gasteiger partial charge on any atom is 0.305 e. The number of hydrogen-bond donors (Lipinski definition) is 3. The second-order valence-corrected chi connectivity index (χ2v) is 3.87. The first-order chi connectivity index (χ1) is 8.49. The number of aliphatic carboxylic acids is 1. The second-order valence-electron chi connectivity index (χ2n) is 3.87. The molecule has 0 bridgehead atoms. The van der Waals surface area contributed by atoms with Gasteiger partial charge in [-0.3, -0.25) is 9.59 Å². The Hall–Kier alpha value is -1.95. The van der Waals surface area contributed by atoms with Crippen molar-refractivity contribution in [2.24, 2.45) is 5.73 Å². The van der Waals surface area contributed by atoms with Crippen LogP contribution in [0.2, 0.25) is 0 Å². The minimum absolute atomic E-state index is 0.314. The quantitative estimate of drug-likeness (QED) is 0.680. The van der Waals surface area contributed by atoms with Gasteiger partial charge in [0.05, 0.1) is 12.5 Å². The highest BCUT2D eigenvalue weighted by Crippen LogP contribution is 2.02. The van der Waals surface area contributed by atoms with Gasteiger partial charge in [-0.1, -0.05) is 12.1 Å². The maximum atomic E-state index is 12.6. The molecule has 98 valence electrons. The zero-order valence-electron chi connectivity index (χ0n) is 9.73. The van der Waals surface area contributed by atoms with E-state index >= 15 is 0 Å². The van der Waals surface area contributed by atoms with Gasteiger partial charge in [-0.15, -0.1) is 0 Å². The molecule has 0 aliphatic heterocycles. The molecule has 0 unspecified atom stereocenters. The Bertz CT molecular complexity index is 420. The molecule has 0 fully saturated rings. The number of halogens is 1. The van der Waals surface area contributed by atoms with Crippen LogP contribution in [0.3, 0.4) is 0 Å². The molecule has 1 atom stereocenters. The summed E-state index contributed by atoms with van der Waals surface area (Å²) in [4.78, 5) is 21.7. The average molecular weight is 254 g/mol. The van der Waals surface area contributed by atoms with Crippen molar-refractivity contribution < 1.29 is 19.1 Å². The molecule has 0 aromatic heterocycles. The average Bonchev–Trinajstić information content (AvgIpc) is 2.30. The van der Waals surface area contributed by atoms with Crippen LogP contribution < -0.4 is 11.1 Å². The number of hydrogen-bond acceptors (Lipinski definition) is 3. The number of benzene rings is 1. The first-order valence-corrected chi connectivity index (χ1v) is 5.48. The number of carboxylic acid groups (broad SMARTS) is 1. The van der Waals surface area contributed by atoms with Crippen molar-refractivity contribution in [2.45, 2.75) is 18.9 Å². The van der Waals surface area contributed by atoms with Crippen LogP contribution in [-0.2, 0) is 16.0 Å². The third kappa shape index (κ3) is 4.92. The van der Waals surface area contributed by atoms with Crippen molar-refractivity contribution in [2.75, 3.05) is 6.54 Å². The van der Waals surface area contributed by atoms with E-state index < -0.39 is 24.3 Å². The SMILES string of the molecule is N[C@@H](CC(=O)O)C(=O)NCCc1ccc(F)cc1. The molecule has 0 spiro atoms. The van der Waals surface area contributed by atoms with Crippen LogP contribution in [0, 0.1) is 5.82 Å². The smallest absolute Gasteiger partial charge is 0.305 e. The van der Waals surface area contributed by atoms with Gasteiger partial charge in [0, 0.05) is 6.54 Å². The molecule has 18 heavy (non-hydrogen) atoms. The number of carbonyl (C=O) groups excluding carboxylic acids is 1. The van der Waals surface area contributed by atoms with Crippen molar-refractivity contribution in [1.82, 2.24) is 5.32 Å². The molecule has 0 aliphatic carbocycles. The first kappa shape index (κ1) is 14.1. The van der Waals surface area contributed by atoms with Crippen LogP contribution in [0.15, 0.2) is 24.3 Å². The van der Waals surface area contributed by atoms with Gasteiger partial charge in [-0.25, -0.2) is 4.39 Å². The van der Waals surface area contributed by atoms with Crippen LogP contribution >= 0.6 is 0 Å². The van der Waals surface area contributed by atoms with Crippen LogP contribution in [0.25, 0.3) is 0 Å². The summed E-state index contributed by atoms with van der Waals surface area (Å²) in [5.74, 6) is -1.93. The highest BCUT2D eigenvalue weighted by Gasteiger charge is 2.16. The Morgan fingerprint density at radius 1 is 1.33 bits per heavy atom.